The van der Waals surface area contributed by atoms with Crippen LogP contribution in [0.1, 0.15) is 18.4 Å². The van der Waals surface area contributed by atoms with Gasteiger partial charge in [0.25, 0.3) is 0 Å². The third-order valence-corrected chi connectivity index (χ3v) is 3.62. The number of rotatable bonds is 6. The summed E-state index contributed by atoms with van der Waals surface area (Å²) in [5.41, 5.74) is 0.559. The van der Waals surface area contributed by atoms with Crippen molar-refractivity contribution < 1.29 is 31.5 Å². The van der Waals surface area contributed by atoms with Gasteiger partial charge in [0.2, 0.25) is 6.43 Å². The number of alkyl halides is 5. The number of urea groups is 1. The Morgan fingerprint density at radius 2 is 2.00 bits per heavy atom. The lowest BCUT2D eigenvalue weighted by atomic mass is 9.81. The zero-order valence-corrected chi connectivity index (χ0v) is 12.6. The lowest BCUT2D eigenvalue weighted by molar-refractivity contribution is -0.153. The Morgan fingerprint density at radius 3 is 2.62 bits per heavy atom. The summed E-state index contributed by atoms with van der Waals surface area (Å²) in [4.78, 5) is 11.6. The Balaban J connectivity index is 1.73. The number of nitrogens with one attached hydrogen (secondary N) is 2. The second-order valence-electron chi connectivity index (χ2n) is 5.64. The molecule has 0 unspecified atom stereocenters. The maximum absolute atomic E-state index is 12.3. The van der Waals surface area contributed by atoms with Crippen LogP contribution in [0.15, 0.2) is 24.3 Å². The molecule has 24 heavy (non-hydrogen) atoms. The van der Waals surface area contributed by atoms with Gasteiger partial charge in [0, 0.05) is 18.5 Å². The van der Waals surface area contributed by atoms with Crippen LogP contribution >= 0.6 is 0 Å². The van der Waals surface area contributed by atoms with Crippen molar-refractivity contribution in [2.24, 2.45) is 5.92 Å². The summed E-state index contributed by atoms with van der Waals surface area (Å²) in [5, 5.41) is 5.09. The van der Waals surface area contributed by atoms with Crippen LogP contribution in [0.4, 0.5) is 26.7 Å². The van der Waals surface area contributed by atoms with Crippen LogP contribution in [-0.4, -0.2) is 31.3 Å². The lowest BCUT2D eigenvalue weighted by Crippen LogP contribution is -2.49. The highest BCUT2D eigenvalue weighted by molar-refractivity contribution is 5.74. The van der Waals surface area contributed by atoms with E-state index in [0.717, 1.165) is 0 Å². The molecule has 4 nitrogen and oxygen atoms in total. The minimum atomic E-state index is -4.42. The van der Waals surface area contributed by atoms with Crippen LogP contribution in [0.2, 0.25) is 0 Å². The number of hydrogen-bond donors (Lipinski definition) is 2. The van der Waals surface area contributed by atoms with Gasteiger partial charge in [-0.2, -0.15) is 13.2 Å². The summed E-state index contributed by atoms with van der Waals surface area (Å²) >= 11 is 0. The van der Waals surface area contributed by atoms with Gasteiger partial charge in [0.15, 0.2) is 6.61 Å². The van der Waals surface area contributed by atoms with E-state index < -0.39 is 31.2 Å². The highest BCUT2D eigenvalue weighted by Crippen LogP contribution is 2.32. The Hall–Kier alpha value is -2.06. The predicted octanol–water partition coefficient (Wildman–Crippen LogP) is 3.47. The van der Waals surface area contributed by atoms with Gasteiger partial charge >= 0.3 is 12.2 Å². The van der Waals surface area contributed by atoms with Crippen molar-refractivity contribution in [3.63, 3.8) is 0 Å². The summed E-state index contributed by atoms with van der Waals surface area (Å²) in [6.45, 7) is -1.31. The van der Waals surface area contributed by atoms with Crippen molar-refractivity contribution in [3.8, 4) is 5.75 Å². The fraction of sp³-hybridized carbons (Fsp3) is 0.533. The molecule has 0 aromatic heterocycles. The van der Waals surface area contributed by atoms with E-state index in [1.807, 2.05) is 0 Å². The summed E-state index contributed by atoms with van der Waals surface area (Å²) < 4.78 is 65.6. The number of hydrogen-bond acceptors (Lipinski definition) is 2. The van der Waals surface area contributed by atoms with Crippen LogP contribution < -0.4 is 15.4 Å². The molecule has 0 atom stereocenters. The van der Waals surface area contributed by atoms with E-state index in [9.17, 15) is 26.7 Å². The normalized spacial score (nSPS) is 20.4. The van der Waals surface area contributed by atoms with E-state index in [0.29, 0.717) is 5.56 Å². The summed E-state index contributed by atoms with van der Waals surface area (Å²) in [6.07, 6.45) is -6.31. The van der Waals surface area contributed by atoms with Crippen LogP contribution in [0, 0.1) is 5.92 Å². The standard InChI is InChI=1S/C15H17F5N2O2/c16-13(17)10-5-11(6-10)22-14(23)21-7-9-2-1-3-12(4-9)24-8-15(18,19)20/h1-4,10-11,13H,5-8H2,(H2,21,22,23). The average molecular weight is 352 g/mol. The third kappa shape index (κ3) is 5.86. The first-order chi connectivity index (χ1) is 11.2. The maximum Gasteiger partial charge on any atom is 0.422 e. The second kappa shape index (κ2) is 7.67. The number of carbonyl (C=O) groups excluding carboxylic acids is 1. The molecule has 134 valence electrons. The summed E-state index contributed by atoms with van der Waals surface area (Å²) in [5.74, 6) is -0.622. The molecule has 0 aliphatic heterocycles. The Kier molecular flexibility index (Phi) is 5.84. The lowest BCUT2D eigenvalue weighted by Gasteiger charge is -2.35. The molecule has 1 aromatic carbocycles. The molecule has 1 aliphatic carbocycles. The molecule has 0 heterocycles. The van der Waals surface area contributed by atoms with Gasteiger partial charge in [0.1, 0.15) is 5.75 Å². The molecule has 2 N–H and O–H groups in total. The first-order valence-corrected chi connectivity index (χ1v) is 7.34. The SMILES string of the molecule is O=C(NCc1cccc(OCC(F)(F)F)c1)NC1CC(C(F)F)C1. The minimum absolute atomic E-state index is 0.0470. The topological polar surface area (TPSA) is 50.4 Å². The molecule has 0 radical (unpaired) electrons. The molecule has 1 fully saturated rings. The van der Waals surface area contributed by atoms with Crippen molar-refractivity contribution in [1.29, 1.82) is 0 Å². The zero-order chi connectivity index (χ0) is 17.7. The summed E-state index contributed by atoms with van der Waals surface area (Å²) in [7, 11) is 0. The molecule has 1 aliphatic rings. The second-order valence-corrected chi connectivity index (χ2v) is 5.64. The quantitative estimate of drug-likeness (QED) is 0.771. The van der Waals surface area contributed by atoms with Crippen molar-refractivity contribution >= 4 is 6.03 Å². The van der Waals surface area contributed by atoms with Crippen LogP contribution in [-0.2, 0) is 6.54 Å². The molecular formula is C15H17F5N2O2. The van der Waals surface area contributed by atoms with Crippen molar-refractivity contribution in [1.82, 2.24) is 10.6 Å². The maximum atomic E-state index is 12.3. The molecule has 9 heteroatoms. The first kappa shape index (κ1) is 18.3. The zero-order valence-electron chi connectivity index (χ0n) is 12.6. The fourth-order valence-electron chi connectivity index (χ4n) is 2.31. The van der Waals surface area contributed by atoms with E-state index in [-0.39, 0.29) is 31.2 Å². The first-order valence-electron chi connectivity index (χ1n) is 7.34. The van der Waals surface area contributed by atoms with E-state index >= 15 is 0 Å². The van der Waals surface area contributed by atoms with Gasteiger partial charge in [-0.3, -0.25) is 0 Å². The molecule has 0 saturated heterocycles. The predicted molar refractivity (Wildman–Crippen MR) is 75.9 cm³/mol. The van der Waals surface area contributed by atoms with Gasteiger partial charge in [-0.05, 0) is 30.5 Å². The Labute approximate surface area is 135 Å². The van der Waals surface area contributed by atoms with E-state index in [1.165, 1.54) is 18.2 Å². The average Bonchev–Trinajstić information content (AvgIpc) is 2.45. The van der Waals surface area contributed by atoms with E-state index in [4.69, 9.17) is 0 Å². The van der Waals surface area contributed by atoms with Crippen molar-refractivity contribution in [2.45, 2.75) is 38.0 Å². The molecule has 0 spiro atoms. The van der Waals surface area contributed by atoms with Crippen LogP contribution in [0.3, 0.4) is 0 Å². The number of halogens is 5. The molecule has 1 saturated carbocycles. The monoisotopic (exact) mass is 352 g/mol. The number of amides is 2. The molecule has 1 aromatic rings. The molecule has 2 amide bonds. The molecule has 0 bridgehead atoms. The highest BCUT2D eigenvalue weighted by atomic mass is 19.4. The van der Waals surface area contributed by atoms with Gasteiger partial charge in [-0.15, -0.1) is 0 Å². The Bertz CT molecular complexity index is 559. The van der Waals surface area contributed by atoms with Gasteiger partial charge < -0.3 is 15.4 Å². The summed E-state index contributed by atoms with van der Waals surface area (Å²) in [6, 6.07) is 5.13. The highest BCUT2D eigenvalue weighted by Gasteiger charge is 2.36. The number of ether oxygens (including phenoxy) is 1. The van der Waals surface area contributed by atoms with Gasteiger partial charge in [-0.25, -0.2) is 13.6 Å². The van der Waals surface area contributed by atoms with E-state index in [1.54, 1.807) is 6.07 Å². The smallest absolute Gasteiger partial charge is 0.422 e. The van der Waals surface area contributed by atoms with Crippen molar-refractivity contribution in [2.75, 3.05) is 6.61 Å². The van der Waals surface area contributed by atoms with Crippen molar-refractivity contribution in [3.05, 3.63) is 29.8 Å². The molecule has 2 rings (SSSR count). The molecular weight excluding hydrogens is 335 g/mol. The largest absolute Gasteiger partial charge is 0.484 e. The minimum Gasteiger partial charge on any atom is -0.484 e. The Morgan fingerprint density at radius 1 is 1.29 bits per heavy atom. The number of benzene rings is 1. The third-order valence-electron chi connectivity index (χ3n) is 3.62. The van der Waals surface area contributed by atoms with Gasteiger partial charge in [-0.1, -0.05) is 12.1 Å². The fourth-order valence-corrected chi connectivity index (χ4v) is 2.31. The van der Waals surface area contributed by atoms with Gasteiger partial charge in [0.05, 0.1) is 0 Å². The van der Waals surface area contributed by atoms with Crippen LogP contribution in [0.25, 0.3) is 0 Å². The number of carbonyl (C=O) groups is 1. The van der Waals surface area contributed by atoms with E-state index in [2.05, 4.69) is 15.4 Å². The van der Waals surface area contributed by atoms with Crippen LogP contribution in [0.5, 0.6) is 5.75 Å².